The highest BCUT2D eigenvalue weighted by Gasteiger charge is 2.38. The van der Waals surface area contributed by atoms with Crippen molar-refractivity contribution in [2.24, 2.45) is 0 Å². The number of likely N-dealkylation sites (N-methyl/N-ethyl adjacent to an activating group) is 1. The Morgan fingerprint density at radius 1 is 1.30 bits per heavy atom. The third-order valence-corrected chi connectivity index (χ3v) is 5.81. The number of allylic oxidation sites excluding steroid dienone is 1. The van der Waals surface area contributed by atoms with Crippen molar-refractivity contribution >= 4 is 11.8 Å². The van der Waals surface area contributed by atoms with Crippen molar-refractivity contribution < 1.29 is 14.3 Å². The Kier molecular flexibility index (Phi) is 4.91. The molecule has 1 aromatic rings. The summed E-state index contributed by atoms with van der Waals surface area (Å²) >= 11 is 0. The zero-order valence-electron chi connectivity index (χ0n) is 15.8. The van der Waals surface area contributed by atoms with Crippen molar-refractivity contribution in [3.05, 3.63) is 41.6 Å². The van der Waals surface area contributed by atoms with Gasteiger partial charge in [-0.1, -0.05) is 13.5 Å². The van der Waals surface area contributed by atoms with Crippen LogP contribution in [0, 0.1) is 0 Å². The lowest BCUT2D eigenvalue weighted by Gasteiger charge is -2.30. The molecule has 1 aromatic carbocycles. The minimum Gasteiger partial charge on any atom is -0.489 e. The fourth-order valence-corrected chi connectivity index (χ4v) is 4.44. The largest absolute Gasteiger partial charge is 0.489 e. The average molecular weight is 369 g/mol. The van der Waals surface area contributed by atoms with Gasteiger partial charge in [0.25, 0.3) is 5.91 Å². The van der Waals surface area contributed by atoms with Crippen molar-refractivity contribution in [3.8, 4) is 5.75 Å². The van der Waals surface area contributed by atoms with Crippen LogP contribution in [0.2, 0.25) is 0 Å². The maximum absolute atomic E-state index is 12.8. The molecule has 0 spiro atoms. The van der Waals surface area contributed by atoms with Crippen molar-refractivity contribution in [2.45, 2.75) is 63.8 Å². The van der Waals surface area contributed by atoms with Crippen LogP contribution in [0.15, 0.2) is 30.5 Å². The molecule has 0 bridgehead atoms. The monoisotopic (exact) mass is 369 g/mol. The van der Waals surface area contributed by atoms with Gasteiger partial charge in [0.1, 0.15) is 17.9 Å². The second kappa shape index (κ2) is 7.35. The number of carbonyl (C=O) groups is 2. The van der Waals surface area contributed by atoms with Crippen LogP contribution in [0.3, 0.4) is 0 Å². The summed E-state index contributed by atoms with van der Waals surface area (Å²) < 4.78 is 6.23. The zero-order chi connectivity index (χ0) is 19.0. The second-order valence-electron chi connectivity index (χ2n) is 7.65. The van der Waals surface area contributed by atoms with Crippen LogP contribution in [0.1, 0.15) is 54.9 Å². The summed E-state index contributed by atoms with van der Waals surface area (Å²) in [6.07, 6.45) is 4.86. The van der Waals surface area contributed by atoms with Crippen LogP contribution in [0.4, 0.5) is 0 Å². The molecule has 2 fully saturated rings. The maximum atomic E-state index is 12.8. The lowest BCUT2D eigenvalue weighted by atomic mass is 10.0. The van der Waals surface area contributed by atoms with Gasteiger partial charge in [0.05, 0.1) is 0 Å². The number of hydrogen-bond acceptors (Lipinski definition) is 4. The van der Waals surface area contributed by atoms with Crippen LogP contribution in [0.5, 0.6) is 5.75 Å². The van der Waals surface area contributed by atoms with E-state index in [0.29, 0.717) is 31.0 Å². The van der Waals surface area contributed by atoms with Gasteiger partial charge in [0.2, 0.25) is 5.91 Å². The molecule has 6 nitrogen and oxygen atoms in total. The van der Waals surface area contributed by atoms with Gasteiger partial charge in [-0.05, 0) is 62.4 Å². The van der Waals surface area contributed by atoms with Gasteiger partial charge in [0, 0.05) is 23.8 Å². The fraction of sp³-hybridized carbons (Fsp3) is 0.524. The third-order valence-electron chi connectivity index (χ3n) is 5.81. The van der Waals surface area contributed by atoms with Crippen LogP contribution in [-0.4, -0.2) is 41.4 Å². The Morgan fingerprint density at radius 3 is 2.93 bits per heavy atom. The number of carbonyl (C=O) groups excluding carboxylic acids is 2. The SMILES string of the molecule is C=C1CCC(N2Cc3cc(O[C@H]4CCC[C@H]4NCC)ccc3C2=O)C(=O)N1. The molecular formula is C21H27N3O3. The van der Waals surface area contributed by atoms with Crippen LogP contribution in [-0.2, 0) is 11.3 Å². The van der Waals surface area contributed by atoms with Crippen LogP contribution in [0.25, 0.3) is 0 Å². The topological polar surface area (TPSA) is 70.7 Å². The Labute approximate surface area is 159 Å². The van der Waals surface area contributed by atoms with Gasteiger partial charge in [-0.25, -0.2) is 0 Å². The van der Waals surface area contributed by atoms with E-state index in [4.69, 9.17) is 4.74 Å². The predicted octanol–water partition coefficient (Wildman–Crippen LogP) is 2.34. The van der Waals surface area contributed by atoms with E-state index in [-0.39, 0.29) is 17.9 Å². The van der Waals surface area contributed by atoms with Crippen molar-refractivity contribution in [2.75, 3.05) is 6.54 Å². The smallest absolute Gasteiger partial charge is 0.255 e. The van der Waals surface area contributed by atoms with E-state index in [1.165, 1.54) is 6.42 Å². The average Bonchev–Trinajstić information content (AvgIpc) is 3.20. The van der Waals surface area contributed by atoms with Gasteiger partial charge >= 0.3 is 0 Å². The number of fused-ring (bicyclic) bond motifs is 1. The summed E-state index contributed by atoms with van der Waals surface area (Å²) in [7, 11) is 0. The Balaban J connectivity index is 1.48. The van der Waals surface area contributed by atoms with E-state index in [0.717, 1.165) is 36.4 Å². The van der Waals surface area contributed by atoms with Gasteiger partial charge in [-0.2, -0.15) is 0 Å². The molecule has 1 unspecified atom stereocenters. The predicted molar refractivity (Wildman–Crippen MR) is 102 cm³/mol. The van der Waals surface area contributed by atoms with Crippen LogP contribution < -0.4 is 15.4 Å². The first-order chi connectivity index (χ1) is 13.1. The number of nitrogens with zero attached hydrogens (tertiary/aromatic N) is 1. The standard InChI is InChI=1S/C21H27N3O3/c1-3-22-17-5-4-6-19(17)27-15-8-9-16-14(11-15)12-24(21(16)26)18-10-7-13(2)23-20(18)25/h8-9,11,17-19,22H,2-7,10,12H2,1H3,(H,23,25)/t17-,18?,19+/m1/s1. The summed E-state index contributed by atoms with van der Waals surface area (Å²) in [5.74, 6) is 0.596. The molecule has 2 N–H and O–H groups in total. The Bertz CT molecular complexity index is 776. The molecule has 1 aliphatic carbocycles. The molecule has 3 atom stereocenters. The summed E-state index contributed by atoms with van der Waals surface area (Å²) in [6, 6.07) is 5.65. The molecule has 2 aliphatic heterocycles. The fourth-order valence-electron chi connectivity index (χ4n) is 4.44. The molecule has 6 heteroatoms. The van der Waals surface area contributed by atoms with E-state index >= 15 is 0 Å². The molecule has 1 saturated heterocycles. The van der Waals surface area contributed by atoms with Gasteiger partial charge < -0.3 is 20.3 Å². The van der Waals surface area contributed by atoms with E-state index in [1.54, 1.807) is 4.90 Å². The molecule has 4 rings (SSSR count). The molecular weight excluding hydrogens is 342 g/mol. The third kappa shape index (κ3) is 3.46. The molecule has 3 aliphatic rings. The quantitative estimate of drug-likeness (QED) is 0.836. The minimum absolute atomic E-state index is 0.0735. The zero-order valence-corrected chi connectivity index (χ0v) is 15.8. The van der Waals surface area contributed by atoms with E-state index in [2.05, 4.69) is 24.1 Å². The van der Waals surface area contributed by atoms with E-state index < -0.39 is 6.04 Å². The van der Waals surface area contributed by atoms with E-state index in [1.807, 2.05) is 18.2 Å². The molecule has 144 valence electrons. The first kappa shape index (κ1) is 18.0. The number of nitrogens with one attached hydrogen (secondary N) is 2. The number of benzene rings is 1. The minimum atomic E-state index is -0.423. The molecule has 1 saturated carbocycles. The number of ether oxygens (including phenoxy) is 1. The lowest BCUT2D eigenvalue weighted by molar-refractivity contribution is -0.126. The first-order valence-corrected chi connectivity index (χ1v) is 9.89. The molecule has 27 heavy (non-hydrogen) atoms. The molecule has 2 heterocycles. The highest BCUT2D eigenvalue weighted by atomic mass is 16.5. The van der Waals surface area contributed by atoms with Crippen molar-refractivity contribution in [3.63, 3.8) is 0 Å². The Morgan fingerprint density at radius 2 is 2.15 bits per heavy atom. The van der Waals surface area contributed by atoms with Crippen molar-refractivity contribution in [1.82, 2.24) is 15.5 Å². The maximum Gasteiger partial charge on any atom is 0.255 e. The van der Waals surface area contributed by atoms with Gasteiger partial charge in [-0.3, -0.25) is 9.59 Å². The highest BCUT2D eigenvalue weighted by molar-refractivity contribution is 6.01. The molecule has 0 aromatic heterocycles. The van der Waals surface area contributed by atoms with Crippen molar-refractivity contribution in [1.29, 1.82) is 0 Å². The normalized spacial score (nSPS) is 27.7. The first-order valence-electron chi connectivity index (χ1n) is 9.89. The number of piperidine rings is 1. The number of rotatable bonds is 5. The summed E-state index contributed by atoms with van der Waals surface area (Å²) in [6.45, 7) is 7.31. The number of amides is 2. The second-order valence-corrected chi connectivity index (χ2v) is 7.65. The van der Waals surface area contributed by atoms with Gasteiger partial charge in [0.15, 0.2) is 0 Å². The number of hydrogen-bond donors (Lipinski definition) is 2. The summed E-state index contributed by atoms with van der Waals surface area (Å²) in [5.41, 5.74) is 2.34. The highest BCUT2D eigenvalue weighted by Crippen LogP contribution is 2.32. The molecule has 0 radical (unpaired) electrons. The van der Waals surface area contributed by atoms with Crippen LogP contribution >= 0.6 is 0 Å². The summed E-state index contributed by atoms with van der Waals surface area (Å²) in [5, 5.41) is 6.26. The van der Waals surface area contributed by atoms with Gasteiger partial charge in [-0.15, -0.1) is 0 Å². The Hall–Kier alpha value is -2.34. The summed E-state index contributed by atoms with van der Waals surface area (Å²) in [4.78, 5) is 26.7. The molecule has 2 amide bonds. The van der Waals surface area contributed by atoms with E-state index in [9.17, 15) is 9.59 Å². The lowest BCUT2D eigenvalue weighted by Crippen LogP contribution is -2.49.